The number of nitrogens with zero attached hydrogens (tertiary/aromatic N) is 2. The van der Waals surface area contributed by atoms with E-state index in [0.717, 1.165) is 16.9 Å². The molecule has 0 spiro atoms. The van der Waals surface area contributed by atoms with Crippen LogP contribution in [0.3, 0.4) is 0 Å². The SMILES string of the molecule is CC(=O)c1ccc(Nc2nc(Nc3ccc(F)cc3)cc(-c3ccccc3)n2)cc1. The first kappa shape index (κ1) is 19.3. The Morgan fingerprint density at radius 1 is 0.800 bits per heavy atom. The topological polar surface area (TPSA) is 66.9 Å². The van der Waals surface area contributed by atoms with Crippen LogP contribution < -0.4 is 10.6 Å². The number of halogens is 1. The molecule has 0 saturated heterocycles. The highest BCUT2D eigenvalue weighted by atomic mass is 19.1. The lowest BCUT2D eigenvalue weighted by Crippen LogP contribution is -2.03. The summed E-state index contributed by atoms with van der Waals surface area (Å²) in [6.45, 7) is 1.53. The second-order valence-corrected chi connectivity index (χ2v) is 6.72. The van der Waals surface area contributed by atoms with Crippen LogP contribution in [0.4, 0.5) is 27.5 Å². The summed E-state index contributed by atoms with van der Waals surface area (Å²) in [4.78, 5) is 20.6. The van der Waals surface area contributed by atoms with E-state index in [1.807, 2.05) is 48.5 Å². The van der Waals surface area contributed by atoms with Gasteiger partial charge in [-0.25, -0.2) is 9.37 Å². The highest BCUT2D eigenvalue weighted by molar-refractivity contribution is 5.94. The maximum atomic E-state index is 13.2. The summed E-state index contributed by atoms with van der Waals surface area (Å²) < 4.78 is 13.2. The average molecular weight is 398 g/mol. The van der Waals surface area contributed by atoms with Crippen molar-refractivity contribution in [2.75, 3.05) is 10.6 Å². The molecule has 0 radical (unpaired) electrons. The van der Waals surface area contributed by atoms with E-state index in [1.54, 1.807) is 24.3 Å². The minimum absolute atomic E-state index is 0.00894. The number of Topliss-reactive ketones (excluding diaryl/α,β-unsaturated/α-hetero) is 1. The van der Waals surface area contributed by atoms with Gasteiger partial charge in [0.25, 0.3) is 0 Å². The number of benzene rings is 3. The van der Waals surface area contributed by atoms with E-state index < -0.39 is 0 Å². The van der Waals surface area contributed by atoms with Gasteiger partial charge in [-0.1, -0.05) is 30.3 Å². The Bertz CT molecular complexity index is 1160. The van der Waals surface area contributed by atoms with E-state index in [9.17, 15) is 9.18 Å². The smallest absolute Gasteiger partial charge is 0.229 e. The molecule has 1 heterocycles. The molecule has 1 aromatic heterocycles. The molecule has 0 aliphatic carbocycles. The van der Waals surface area contributed by atoms with Gasteiger partial charge in [-0.2, -0.15) is 4.98 Å². The quantitative estimate of drug-likeness (QED) is 0.392. The Hall–Kier alpha value is -4.06. The number of rotatable bonds is 6. The van der Waals surface area contributed by atoms with Gasteiger partial charge in [-0.15, -0.1) is 0 Å². The third-order valence-electron chi connectivity index (χ3n) is 4.46. The highest BCUT2D eigenvalue weighted by Gasteiger charge is 2.08. The van der Waals surface area contributed by atoms with Crippen molar-refractivity contribution in [2.45, 2.75) is 6.92 Å². The molecule has 0 fully saturated rings. The number of hydrogen-bond donors (Lipinski definition) is 2. The van der Waals surface area contributed by atoms with E-state index in [-0.39, 0.29) is 11.6 Å². The van der Waals surface area contributed by atoms with Crippen molar-refractivity contribution in [2.24, 2.45) is 0 Å². The minimum Gasteiger partial charge on any atom is -0.340 e. The molecule has 4 rings (SSSR count). The van der Waals surface area contributed by atoms with Gasteiger partial charge in [-0.05, 0) is 55.5 Å². The molecule has 0 aliphatic heterocycles. The van der Waals surface area contributed by atoms with Crippen molar-refractivity contribution < 1.29 is 9.18 Å². The van der Waals surface area contributed by atoms with Gasteiger partial charge in [0.05, 0.1) is 5.69 Å². The van der Waals surface area contributed by atoms with E-state index >= 15 is 0 Å². The first-order valence-corrected chi connectivity index (χ1v) is 9.42. The molecule has 3 aromatic carbocycles. The summed E-state index contributed by atoms with van der Waals surface area (Å²) in [6, 6.07) is 24.8. The molecular formula is C24H19FN4O. The first-order valence-electron chi connectivity index (χ1n) is 9.42. The largest absolute Gasteiger partial charge is 0.340 e. The summed E-state index contributed by atoms with van der Waals surface area (Å²) >= 11 is 0. The fourth-order valence-electron chi connectivity index (χ4n) is 2.92. The van der Waals surface area contributed by atoms with Crippen LogP contribution in [0.5, 0.6) is 0 Å². The van der Waals surface area contributed by atoms with Crippen LogP contribution >= 0.6 is 0 Å². The molecule has 0 bridgehead atoms. The number of ketones is 1. The number of anilines is 4. The van der Waals surface area contributed by atoms with Gasteiger partial charge in [-0.3, -0.25) is 4.79 Å². The minimum atomic E-state index is -0.301. The monoisotopic (exact) mass is 398 g/mol. The van der Waals surface area contributed by atoms with E-state index in [4.69, 9.17) is 0 Å². The van der Waals surface area contributed by atoms with Gasteiger partial charge in [0, 0.05) is 28.6 Å². The van der Waals surface area contributed by atoms with Gasteiger partial charge < -0.3 is 10.6 Å². The number of carbonyl (C=O) groups is 1. The van der Waals surface area contributed by atoms with Crippen LogP contribution in [0.25, 0.3) is 11.3 Å². The lowest BCUT2D eigenvalue weighted by atomic mass is 10.1. The lowest BCUT2D eigenvalue weighted by molar-refractivity contribution is 0.101. The fourth-order valence-corrected chi connectivity index (χ4v) is 2.92. The summed E-state index contributed by atoms with van der Waals surface area (Å²) in [7, 11) is 0. The maximum absolute atomic E-state index is 13.2. The van der Waals surface area contributed by atoms with Crippen LogP contribution in [0.15, 0.2) is 84.9 Å². The molecule has 4 aromatic rings. The second kappa shape index (κ2) is 8.53. The molecule has 5 nitrogen and oxygen atoms in total. The third kappa shape index (κ3) is 4.67. The molecule has 2 N–H and O–H groups in total. The van der Waals surface area contributed by atoms with Gasteiger partial charge in [0.2, 0.25) is 5.95 Å². The molecular weight excluding hydrogens is 379 g/mol. The van der Waals surface area contributed by atoms with Crippen LogP contribution in [0.1, 0.15) is 17.3 Å². The second-order valence-electron chi connectivity index (χ2n) is 6.72. The third-order valence-corrected chi connectivity index (χ3v) is 4.46. The summed E-state index contributed by atoms with van der Waals surface area (Å²) in [5.41, 5.74) is 3.79. The van der Waals surface area contributed by atoms with Crippen LogP contribution in [0.2, 0.25) is 0 Å². The standard InChI is InChI=1S/C24H19FN4O/c1-16(30)17-7-11-21(12-8-17)27-24-28-22(18-5-3-2-4-6-18)15-23(29-24)26-20-13-9-19(25)10-14-20/h2-15H,1H3,(H2,26,27,28,29). The fraction of sp³-hybridized carbons (Fsp3) is 0.0417. The van der Waals surface area contributed by atoms with E-state index in [1.165, 1.54) is 19.1 Å². The summed E-state index contributed by atoms with van der Waals surface area (Å²) in [5, 5.41) is 6.37. The summed E-state index contributed by atoms with van der Waals surface area (Å²) in [6.07, 6.45) is 0. The molecule has 0 saturated carbocycles. The Morgan fingerprint density at radius 3 is 2.10 bits per heavy atom. The molecule has 0 unspecified atom stereocenters. The van der Waals surface area contributed by atoms with Crippen LogP contribution in [-0.2, 0) is 0 Å². The maximum Gasteiger partial charge on any atom is 0.229 e. The zero-order valence-electron chi connectivity index (χ0n) is 16.3. The van der Waals surface area contributed by atoms with Gasteiger partial charge in [0.1, 0.15) is 11.6 Å². The number of hydrogen-bond acceptors (Lipinski definition) is 5. The van der Waals surface area contributed by atoms with E-state index in [2.05, 4.69) is 20.6 Å². The van der Waals surface area contributed by atoms with Crippen molar-refractivity contribution >= 4 is 28.9 Å². The molecule has 0 aliphatic rings. The number of carbonyl (C=O) groups excluding carboxylic acids is 1. The number of nitrogens with one attached hydrogen (secondary N) is 2. The summed E-state index contributed by atoms with van der Waals surface area (Å²) in [5.74, 6) is 0.675. The van der Waals surface area contributed by atoms with Gasteiger partial charge in [0.15, 0.2) is 5.78 Å². The Labute approximate surface area is 173 Å². The molecule has 30 heavy (non-hydrogen) atoms. The zero-order chi connectivity index (χ0) is 20.9. The zero-order valence-corrected chi connectivity index (χ0v) is 16.3. The predicted molar refractivity (Wildman–Crippen MR) is 117 cm³/mol. The van der Waals surface area contributed by atoms with Gasteiger partial charge >= 0.3 is 0 Å². The van der Waals surface area contributed by atoms with Crippen molar-refractivity contribution in [1.29, 1.82) is 0 Å². The normalized spacial score (nSPS) is 10.5. The molecule has 0 atom stereocenters. The van der Waals surface area contributed by atoms with Crippen LogP contribution in [-0.4, -0.2) is 15.8 Å². The van der Waals surface area contributed by atoms with Crippen molar-refractivity contribution in [3.8, 4) is 11.3 Å². The van der Waals surface area contributed by atoms with Crippen LogP contribution in [0, 0.1) is 5.82 Å². The highest BCUT2D eigenvalue weighted by Crippen LogP contribution is 2.25. The Kier molecular flexibility index (Phi) is 5.48. The predicted octanol–water partition coefficient (Wildman–Crippen LogP) is 5.97. The van der Waals surface area contributed by atoms with E-state index in [0.29, 0.717) is 23.0 Å². The number of aromatic nitrogens is 2. The van der Waals surface area contributed by atoms with Crippen molar-refractivity contribution in [3.05, 3.63) is 96.3 Å². The first-order chi connectivity index (χ1) is 14.6. The average Bonchev–Trinajstić information content (AvgIpc) is 2.76. The van der Waals surface area contributed by atoms with Crippen molar-refractivity contribution in [3.63, 3.8) is 0 Å². The molecule has 0 amide bonds. The molecule has 148 valence electrons. The lowest BCUT2D eigenvalue weighted by Gasteiger charge is -2.12. The Morgan fingerprint density at radius 2 is 1.43 bits per heavy atom. The van der Waals surface area contributed by atoms with Crippen molar-refractivity contribution in [1.82, 2.24) is 9.97 Å². The Balaban J connectivity index is 1.67. The molecule has 6 heteroatoms.